The van der Waals surface area contributed by atoms with Crippen LogP contribution < -0.4 is 15.2 Å². The van der Waals surface area contributed by atoms with Crippen molar-refractivity contribution in [2.24, 2.45) is 5.73 Å². The zero-order chi connectivity index (χ0) is 11.8. The van der Waals surface area contributed by atoms with Gasteiger partial charge in [-0.05, 0) is 19.1 Å². The van der Waals surface area contributed by atoms with E-state index in [4.69, 9.17) is 26.8 Å². The zero-order valence-corrected chi connectivity index (χ0v) is 10.0. The van der Waals surface area contributed by atoms with Crippen LogP contribution in [0.3, 0.4) is 0 Å². The van der Waals surface area contributed by atoms with Crippen molar-refractivity contribution < 1.29 is 9.47 Å². The van der Waals surface area contributed by atoms with Crippen molar-refractivity contribution >= 4 is 11.6 Å². The highest BCUT2D eigenvalue weighted by Gasteiger charge is 2.08. The van der Waals surface area contributed by atoms with Gasteiger partial charge in [-0.3, -0.25) is 0 Å². The monoisotopic (exact) mass is 241 g/mol. The van der Waals surface area contributed by atoms with Gasteiger partial charge in [0.25, 0.3) is 0 Å². The number of para-hydroxylation sites is 1. The molecule has 2 N–H and O–H groups in total. The lowest BCUT2D eigenvalue weighted by Crippen LogP contribution is -2.05. The number of hydrogen-bond acceptors (Lipinski definition) is 3. The van der Waals surface area contributed by atoms with E-state index in [1.165, 1.54) is 5.54 Å². The van der Waals surface area contributed by atoms with Crippen molar-refractivity contribution in [2.45, 2.75) is 13.5 Å². The standard InChI is InChI=1S/C12H16ClNO2/c1-2-15-11-6-3-5-10(9-14)12(11)16-8-4-7-13/h3-7H,2,8-9,14H2,1H3/b7-4+. The summed E-state index contributed by atoms with van der Waals surface area (Å²) in [6.45, 7) is 3.34. The summed E-state index contributed by atoms with van der Waals surface area (Å²) in [6, 6.07) is 5.68. The Bertz CT molecular complexity index is 353. The summed E-state index contributed by atoms with van der Waals surface area (Å²) in [6.07, 6.45) is 1.71. The molecule has 0 radical (unpaired) electrons. The van der Waals surface area contributed by atoms with E-state index in [1.807, 2.05) is 25.1 Å². The molecular weight excluding hydrogens is 226 g/mol. The summed E-state index contributed by atoms with van der Waals surface area (Å²) >= 11 is 5.43. The molecule has 0 amide bonds. The molecule has 1 aromatic carbocycles. The van der Waals surface area contributed by atoms with Gasteiger partial charge in [-0.1, -0.05) is 23.7 Å². The molecule has 0 spiro atoms. The van der Waals surface area contributed by atoms with E-state index in [2.05, 4.69) is 0 Å². The third-order valence-electron chi connectivity index (χ3n) is 1.99. The maximum absolute atomic E-state index is 5.64. The van der Waals surface area contributed by atoms with Gasteiger partial charge in [-0.2, -0.15) is 0 Å². The first kappa shape index (κ1) is 12.9. The van der Waals surface area contributed by atoms with Crippen molar-refractivity contribution in [3.63, 3.8) is 0 Å². The summed E-state index contributed by atoms with van der Waals surface area (Å²) in [7, 11) is 0. The normalized spacial score (nSPS) is 10.7. The lowest BCUT2D eigenvalue weighted by Gasteiger charge is -2.13. The molecule has 0 heterocycles. The highest BCUT2D eigenvalue weighted by Crippen LogP contribution is 2.31. The van der Waals surface area contributed by atoms with Crippen molar-refractivity contribution in [3.8, 4) is 11.5 Å². The van der Waals surface area contributed by atoms with Crippen LogP contribution in [0.1, 0.15) is 12.5 Å². The number of rotatable bonds is 6. The fourth-order valence-corrected chi connectivity index (χ4v) is 1.40. The van der Waals surface area contributed by atoms with Gasteiger partial charge >= 0.3 is 0 Å². The summed E-state index contributed by atoms with van der Waals surface area (Å²) in [4.78, 5) is 0. The van der Waals surface area contributed by atoms with E-state index in [1.54, 1.807) is 6.08 Å². The van der Waals surface area contributed by atoms with Crippen LogP contribution in [0.4, 0.5) is 0 Å². The topological polar surface area (TPSA) is 44.5 Å². The maximum atomic E-state index is 5.64. The van der Waals surface area contributed by atoms with E-state index in [0.29, 0.717) is 31.3 Å². The number of nitrogens with two attached hydrogens (primary N) is 1. The molecule has 0 unspecified atom stereocenters. The fourth-order valence-electron chi connectivity index (χ4n) is 1.32. The van der Waals surface area contributed by atoms with Crippen LogP contribution in [0.2, 0.25) is 0 Å². The van der Waals surface area contributed by atoms with Crippen LogP contribution in [0.5, 0.6) is 11.5 Å². The second kappa shape index (κ2) is 7.14. The van der Waals surface area contributed by atoms with E-state index in [9.17, 15) is 0 Å². The molecule has 0 atom stereocenters. The van der Waals surface area contributed by atoms with Crippen molar-refractivity contribution in [1.82, 2.24) is 0 Å². The van der Waals surface area contributed by atoms with Gasteiger partial charge in [0.1, 0.15) is 6.61 Å². The van der Waals surface area contributed by atoms with E-state index >= 15 is 0 Å². The Labute approximate surface area is 101 Å². The molecule has 0 aliphatic rings. The number of hydrogen-bond donors (Lipinski definition) is 1. The van der Waals surface area contributed by atoms with Gasteiger partial charge in [0, 0.05) is 17.6 Å². The Morgan fingerprint density at radius 1 is 1.38 bits per heavy atom. The third-order valence-corrected chi connectivity index (χ3v) is 2.17. The van der Waals surface area contributed by atoms with Crippen LogP contribution in [-0.2, 0) is 6.54 Å². The smallest absolute Gasteiger partial charge is 0.166 e. The quantitative estimate of drug-likeness (QED) is 0.833. The van der Waals surface area contributed by atoms with E-state index in [-0.39, 0.29) is 0 Å². The molecule has 1 aromatic rings. The zero-order valence-electron chi connectivity index (χ0n) is 9.28. The molecule has 16 heavy (non-hydrogen) atoms. The third kappa shape index (κ3) is 3.43. The van der Waals surface area contributed by atoms with Crippen LogP contribution in [0.25, 0.3) is 0 Å². The first-order chi connectivity index (χ1) is 7.83. The van der Waals surface area contributed by atoms with E-state index < -0.39 is 0 Å². The van der Waals surface area contributed by atoms with Crippen LogP contribution in [0.15, 0.2) is 29.8 Å². The van der Waals surface area contributed by atoms with Crippen LogP contribution in [0, 0.1) is 0 Å². The number of halogens is 1. The highest BCUT2D eigenvalue weighted by atomic mass is 35.5. The Morgan fingerprint density at radius 2 is 2.19 bits per heavy atom. The first-order valence-electron chi connectivity index (χ1n) is 5.16. The van der Waals surface area contributed by atoms with Gasteiger partial charge in [-0.25, -0.2) is 0 Å². The average molecular weight is 242 g/mol. The summed E-state index contributed by atoms with van der Waals surface area (Å²) in [5.41, 5.74) is 7.99. The van der Waals surface area contributed by atoms with Gasteiger partial charge in [0.15, 0.2) is 11.5 Å². The first-order valence-corrected chi connectivity index (χ1v) is 5.59. The second-order valence-corrected chi connectivity index (χ2v) is 3.31. The Balaban J connectivity index is 2.89. The Morgan fingerprint density at radius 3 is 2.81 bits per heavy atom. The molecule has 0 aromatic heterocycles. The molecule has 0 aliphatic carbocycles. The van der Waals surface area contributed by atoms with Crippen molar-refractivity contribution in [3.05, 3.63) is 35.4 Å². The van der Waals surface area contributed by atoms with Crippen molar-refractivity contribution in [2.75, 3.05) is 13.2 Å². The van der Waals surface area contributed by atoms with Crippen LogP contribution in [-0.4, -0.2) is 13.2 Å². The molecule has 0 saturated carbocycles. The predicted octanol–water partition coefficient (Wildman–Crippen LogP) is 2.68. The fraction of sp³-hybridized carbons (Fsp3) is 0.333. The molecule has 3 nitrogen and oxygen atoms in total. The lowest BCUT2D eigenvalue weighted by atomic mass is 10.2. The van der Waals surface area contributed by atoms with E-state index in [0.717, 1.165) is 5.56 Å². The average Bonchev–Trinajstić information content (AvgIpc) is 2.31. The van der Waals surface area contributed by atoms with Gasteiger partial charge in [0.2, 0.25) is 0 Å². The van der Waals surface area contributed by atoms with Gasteiger partial charge < -0.3 is 15.2 Å². The maximum Gasteiger partial charge on any atom is 0.166 e. The number of benzene rings is 1. The molecular formula is C12H16ClNO2. The molecule has 0 saturated heterocycles. The van der Waals surface area contributed by atoms with Gasteiger partial charge in [0.05, 0.1) is 6.61 Å². The molecule has 0 aliphatic heterocycles. The second-order valence-electron chi connectivity index (χ2n) is 3.05. The van der Waals surface area contributed by atoms with Crippen molar-refractivity contribution in [1.29, 1.82) is 0 Å². The minimum atomic E-state index is 0.403. The molecule has 0 fully saturated rings. The minimum absolute atomic E-state index is 0.403. The Hall–Kier alpha value is -1.19. The SMILES string of the molecule is CCOc1cccc(CN)c1OC/C=C/Cl. The summed E-state index contributed by atoms with van der Waals surface area (Å²) < 4.78 is 11.0. The molecule has 1 rings (SSSR count). The van der Waals surface area contributed by atoms with Gasteiger partial charge in [-0.15, -0.1) is 0 Å². The summed E-state index contributed by atoms with van der Waals surface area (Å²) in [5, 5.41) is 0. The molecule has 4 heteroatoms. The summed E-state index contributed by atoms with van der Waals surface area (Å²) in [5.74, 6) is 1.41. The largest absolute Gasteiger partial charge is 0.490 e. The highest BCUT2D eigenvalue weighted by molar-refractivity contribution is 6.25. The minimum Gasteiger partial charge on any atom is -0.490 e. The van der Waals surface area contributed by atoms with Crippen LogP contribution >= 0.6 is 11.6 Å². The number of ether oxygens (including phenoxy) is 2. The predicted molar refractivity (Wildman–Crippen MR) is 66.0 cm³/mol. The molecule has 88 valence electrons. The molecule has 0 bridgehead atoms. The Kier molecular flexibility index (Phi) is 5.75. The lowest BCUT2D eigenvalue weighted by molar-refractivity contribution is 0.294.